The van der Waals surface area contributed by atoms with Crippen LogP contribution in [0.2, 0.25) is 10.0 Å². The molecule has 2 nitrogen and oxygen atoms in total. The van der Waals surface area contributed by atoms with Gasteiger partial charge < -0.3 is 0 Å². The van der Waals surface area contributed by atoms with Crippen LogP contribution in [0, 0.1) is 12.7 Å². The number of aryl methyl sites for hydroxylation is 1. The molecule has 0 amide bonds. The lowest BCUT2D eigenvalue weighted by Gasteiger charge is -2.19. The number of hydrogen-bond acceptors (Lipinski definition) is 2. The number of hydrazine groups is 1. The first-order valence-electron chi connectivity index (χ1n) is 6.18. The average Bonchev–Trinajstić information content (AvgIpc) is 2.43. The highest BCUT2D eigenvalue weighted by Gasteiger charge is 2.15. The monoisotopic (exact) mass is 312 g/mol. The minimum atomic E-state index is -0.435. The minimum Gasteiger partial charge on any atom is -0.271 e. The molecule has 5 heteroatoms. The maximum Gasteiger partial charge on any atom is 0.142 e. The summed E-state index contributed by atoms with van der Waals surface area (Å²) in [4.78, 5) is 0. The molecule has 0 bridgehead atoms. The molecule has 0 aliphatic heterocycles. The second kappa shape index (κ2) is 6.55. The van der Waals surface area contributed by atoms with Crippen LogP contribution in [0.25, 0.3) is 0 Å². The molecule has 3 N–H and O–H groups in total. The summed E-state index contributed by atoms with van der Waals surface area (Å²) in [5.74, 6) is 5.18. The number of nitrogens with two attached hydrogens (primary N) is 1. The van der Waals surface area contributed by atoms with E-state index in [0.29, 0.717) is 11.4 Å². The Hall–Kier alpha value is -1.13. The summed E-state index contributed by atoms with van der Waals surface area (Å²) in [5, 5.41) is 0.782. The van der Waals surface area contributed by atoms with Gasteiger partial charge in [0.1, 0.15) is 5.82 Å². The van der Waals surface area contributed by atoms with Gasteiger partial charge in [0.25, 0.3) is 0 Å². The van der Waals surface area contributed by atoms with Crippen molar-refractivity contribution in [3.8, 4) is 0 Å². The van der Waals surface area contributed by atoms with Gasteiger partial charge in [-0.1, -0.05) is 47.5 Å². The Balaban J connectivity index is 2.28. The molecule has 1 atom stereocenters. The van der Waals surface area contributed by atoms with Crippen molar-refractivity contribution in [1.82, 2.24) is 5.43 Å². The molecule has 2 aromatic rings. The van der Waals surface area contributed by atoms with Crippen molar-refractivity contribution in [2.75, 3.05) is 0 Å². The van der Waals surface area contributed by atoms with Gasteiger partial charge in [-0.2, -0.15) is 0 Å². The first-order chi connectivity index (χ1) is 9.52. The lowest BCUT2D eigenvalue weighted by molar-refractivity contribution is 0.548. The Bertz CT molecular complexity index is 617. The molecule has 0 saturated heterocycles. The largest absolute Gasteiger partial charge is 0.271 e. The molecule has 2 aromatic carbocycles. The van der Waals surface area contributed by atoms with Gasteiger partial charge in [-0.15, -0.1) is 0 Å². The standard InChI is InChI=1S/C15H15Cl2FN2/c1-9-3-2-4-11(15(9)17)14(20-19)8-10-5-6-12(16)13(18)7-10/h2-7,14,20H,8,19H2,1H3. The second-order valence-corrected chi connectivity index (χ2v) is 5.44. The van der Waals surface area contributed by atoms with Crippen molar-refractivity contribution in [3.05, 3.63) is 69.0 Å². The van der Waals surface area contributed by atoms with Crippen LogP contribution in [0.1, 0.15) is 22.7 Å². The van der Waals surface area contributed by atoms with Gasteiger partial charge in [0.15, 0.2) is 0 Å². The Morgan fingerprint density at radius 1 is 1.25 bits per heavy atom. The van der Waals surface area contributed by atoms with Gasteiger partial charge in [0.05, 0.1) is 11.1 Å². The van der Waals surface area contributed by atoms with E-state index >= 15 is 0 Å². The summed E-state index contributed by atoms with van der Waals surface area (Å²) in [6.45, 7) is 1.93. The quantitative estimate of drug-likeness (QED) is 0.656. The zero-order valence-electron chi connectivity index (χ0n) is 11.0. The van der Waals surface area contributed by atoms with Gasteiger partial charge in [0, 0.05) is 5.02 Å². The molecule has 0 aromatic heterocycles. The summed E-state index contributed by atoms with van der Waals surface area (Å²) in [6.07, 6.45) is 0.522. The first-order valence-corrected chi connectivity index (χ1v) is 6.93. The highest BCUT2D eigenvalue weighted by atomic mass is 35.5. The number of hydrogen-bond donors (Lipinski definition) is 2. The number of benzene rings is 2. The lowest BCUT2D eigenvalue weighted by atomic mass is 9.98. The van der Waals surface area contributed by atoms with Crippen molar-refractivity contribution in [2.24, 2.45) is 5.84 Å². The van der Waals surface area contributed by atoms with Crippen LogP contribution in [0.5, 0.6) is 0 Å². The highest BCUT2D eigenvalue weighted by molar-refractivity contribution is 6.32. The third-order valence-electron chi connectivity index (χ3n) is 3.22. The molecular formula is C15H15Cl2FN2. The van der Waals surface area contributed by atoms with E-state index in [0.717, 1.165) is 16.7 Å². The SMILES string of the molecule is Cc1cccc(C(Cc2ccc(Cl)c(F)c2)NN)c1Cl. The fraction of sp³-hybridized carbons (Fsp3) is 0.200. The van der Waals surface area contributed by atoms with Crippen LogP contribution in [0.3, 0.4) is 0 Å². The fourth-order valence-corrected chi connectivity index (χ4v) is 2.48. The lowest BCUT2D eigenvalue weighted by Crippen LogP contribution is -2.30. The van der Waals surface area contributed by atoms with Gasteiger partial charge in [-0.25, -0.2) is 4.39 Å². The highest BCUT2D eigenvalue weighted by Crippen LogP contribution is 2.28. The Morgan fingerprint density at radius 2 is 2.00 bits per heavy atom. The number of halogens is 3. The van der Waals surface area contributed by atoms with E-state index < -0.39 is 5.82 Å². The van der Waals surface area contributed by atoms with Crippen molar-refractivity contribution in [3.63, 3.8) is 0 Å². The molecule has 2 rings (SSSR count). The molecule has 20 heavy (non-hydrogen) atoms. The molecule has 0 fully saturated rings. The van der Waals surface area contributed by atoms with Crippen LogP contribution in [-0.2, 0) is 6.42 Å². The van der Waals surface area contributed by atoms with E-state index in [-0.39, 0.29) is 11.1 Å². The van der Waals surface area contributed by atoms with Gasteiger partial charge in [-0.05, 0) is 42.2 Å². The summed E-state index contributed by atoms with van der Waals surface area (Å²) >= 11 is 12.0. The summed E-state index contributed by atoms with van der Waals surface area (Å²) in [6, 6.07) is 10.3. The molecule has 0 saturated carbocycles. The molecule has 0 aliphatic carbocycles. The zero-order chi connectivity index (χ0) is 14.7. The van der Waals surface area contributed by atoms with Crippen molar-refractivity contribution in [1.29, 1.82) is 0 Å². The van der Waals surface area contributed by atoms with E-state index in [1.54, 1.807) is 6.07 Å². The topological polar surface area (TPSA) is 38.0 Å². The van der Waals surface area contributed by atoms with Crippen LogP contribution >= 0.6 is 23.2 Å². The molecule has 106 valence electrons. The van der Waals surface area contributed by atoms with Gasteiger partial charge in [-0.3, -0.25) is 11.3 Å². The Kier molecular flexibility index (Phi) is 5.00. The predicted octanol–water partition coefficient (Wildman–Crippen LogP) is 4.19. The molecule has 1 unspecified atom stereocenters. The van der Waals surface area contributed by atoms with E-state index in [1.165, 1.54) is 12.1 Å². The fourth-order valence-electron chi connectivity index (χ4n) is 2.10. The summed E-state index contributed by atoms with van der Waals surface area (Å²) < 4.78 is 13.5. The van der Waals surface area contributed by atoms with Crippen LogP contribution in [0.15, 0.2) is 36.4 Å². The number of nitrogens with one attached hydrogen (secondary N) is 1. The second-order valence-electron chi connectivity index (χ2n) is 4.65. The molecule has 0 heterocycles. The summed E-state index contributed by atoms with van der Waals surface area (Å²) in [7, 11) is 0. The molecular weight excluding hydrogens is 298 g/mol. The third-order valence-corrected chi connectivity index (χ3v) is 4.04. The van der Waals surface area contributed by atoms with Gasteiger partial charge in [0.2, 0.25) is 0 Å². The van der Waals surface area contributed by atoms with Crippen molar-refractivity contribution in [2.45, 2.75) is 19.4 Å². The predicted molar refractivity (Wildman–Crippen MR) is 81.4 cm³/mol. The minimum absolute atomic E-state index is 0.111. The maximum absolute atomic E-state index is 13.5. The molecule has 0 radical (unpaired) electrons. The Labute approximate surface area is 127 Å². The first kappa shape index (κ1) is 15.3. The van der Waals surface area contributed by atoms with Crippen molar-refractivity contribution < 1.29 is 4.39 Å². The maximum atomic E-state index is 13.5. The zero-order valence-corrected chi connectivity index (χ0v) is 12.5. The van der Waals surface area contributed by atoms with Crippen LogP contribution in [0.4, 0.5) is 4.39 Å². The van der Waals surface area contributed by atoms with Crippen LogP contribution < -0.4 is 11.3 Å². The number of rotatable bonds is 4. The summed E-state index contributed by atoms with van der Waals surface area (Å²) in [5.41, 5.74) is 5.40. The van der Waals surface area contributed by atoms with E-state index in [4.69, 9.17) is 29.0 Å². The normalized spacial score (nSPS) is 12.4. The van der Waals surface area contributed by atoms with Gasteiger partial charge >= 0.3 is 0 Å². The molecule has 0 spiro atoms. The van der Waals surface area contributed by atoms with E-state index in [2.05, 4.69) is 5.43 Å². The van der Waals surface area contributed by atoms with Crippen molar-refractivity contribution >= 4 is 23.2 Å². The van der Waals surface area contributed by atoms with Crippen LogP contribution in [-0.4, -0.2) is 0 Å². The van der Waals surface area contributed by atoms with E-state index in [9.17, 15) is 4.39 Å². The third kappa shape index (κ3) is 3.30. The van der Waals surface area contributed by atoms with E-state index in [1.807, 2.05) is 25.1 Å². The molecule has 0 aliphatic rings. The smallest absolute Gasteiger partial charge is 0.142 e. The average molecular weight is 313 g/mol. The Morgan fingerprint density at radius 3 is 2.65 bits per heavy atom.